The molecule has 4 nitrogen and oxygen atoms in total. The summed E-state index contributed by atoms with van der Waals surface area (Å²) in [7, 11) is 0. The van der Waals surface area contributed by atoms with Crippen LogP contribution in [0.25, 0.3) is 0 Å². The lowest BCUT2D eigenvalue weighted by Crippen LogP contribution is -2.08. The fourth-order valence-corrected chi connectivity index (χ4v) is 1.92. The van der Waals surface area contributed by atoms with Crippen molar-refractivity contribution in [2.45, 2.75) is 26.2 Å². The maximum absolute atomic E-state index is 12.0. The van der Waals surface area contributed by atoms with E-state index in [1.807, 2.05) is 12.1 Å². The number of benzene rings is 2. The molecule has 0 amide bonds. The minimum absolute atomic E-state index is 0.182. The van der Waals surface area contributed by atoms with Gasteiger partial charge in [0, 0.05) is 6.07 Å². The molecule has 0 radical (unpaired) electrons. The Kier molecular flexibility index (Phi) is 4.48. The first-order valence-corrected chi connectivity index (χ1v) is 6.85. The lowest BCUT2D eigenvalue weighted by atomic mass is 9.98. The Morgan fingerprint density at radius 1 is 1.10 bits per heavy atom. The van der Waals surface area contributed by atoms with Gasteiger partial charge < -0.3 is 14.9 Å². The molecule has 110 valence electrons. The summed E-state index contributed by atoms with van der Waals surface area (Å²) < 4.78 is 5.15. The third kappa shape index (κ3) is 3.54. The quantitative estimate of drug-likeness (QED) is 0.509. The molecule has 1 unspecified atom stereocenters. The second kappa shape index (κ2) is 6.31. The van der Waals surface area contributed by atoms with E-state index in [2.05, 4.69) is 13.8 Å². The molecule has 2 aromatic rings. The number of ether oxygens (including phenoxy) is 1. The topological polar surface area (TPSA) is 66.8 Å². The molecule has 2 N–H and O–H groups in total. The number of rotatable bonds is 4. The number of hydrogen-bond acceptors (Lipinski definition) is 4. The van der Waals surface area contributed by atoms with E-state index in [0.717, 1.165) is 6.42 Å². The summed E-state index contributed by atoms with van der Waals surface area (Å²) in [6.45, 7) is 4.25. The molecule has 0 heterocycles. The van der Waals surface area contributed by atoms with Gasteiger partial charge in [0.2, 0.25) is 0 Å². The van der Waals surface area contributed by atoms with Gasteiger partial charge in [-0.25, -0.2) is 4.79 Å². The predicted octanol–water partition coefficient (Wildman–Crippen LogP) is 3.83. The van der Waals surface area contributed by atoms with Crippen molar-refractivity contribution in [2.24, 2.45) is 0 Å². The van der Waals surface area contributed by atoms with Crippen LogP contribution in [0.2, 0.25) is 0 Å². The lowest BCUT2D eigenvalue weighted by molar-refractivity contribution is 0.0734. The highest BCUT2D eigenvalue weighted by Crippen LogP contribution is 2.29. The average molecular weight is 286 g/mol. The number of aromatic hydroxyl groups is 2. The van der Waals surface area contributed by atoms with Gasteiger partial charge in [-0.05, 0) is 42.2 Å². The van der Waals surface area contributed by atoms with Gasteiger partial charge in [0.05, 0.1) is 5.56 Å². The fourth-order valence-electron chi connectivity index (χ4n) is 1.92. The van der Waals surface area contributed by atoms with E-state index in [0.29, 0.717) is 11.5 Å². The molecule has 2 aromatic carbocycles. The molecule has 0 spiro atoms. The summed E-state index contributed by atoms with van der Waals surface area (Å²) in [6, 6.07) is 11.2. The van der Waals surface area contributed by atoms with Crippen LogP contribution in [0.3, 0.4) is 0 Å². The fraction of sp³-hybridized carbons (Fsp3) is 0.235. The van der Waals surface area contributed by atoms with Gasteiger partial charge in [0.15, 0.2) is 11.5 Å². The van der Waals surface area contributed by atoms with Crippen molar-refractivity contribution in [3.63, 3.8) is 0 Å². The third-order valence-electron chi connectivity index (χ3n) is 3.49. The lowest BCUT2D eigenvalue weighted by Gasteiger charge is -2.10. The molecule has 0 aliphatic heterocycles. The first-order chi connectivity index (χ1) is 10.0. The van der Waals surface area contributed by atoms with Gasteiger partial charge in [-0.2, -0.15) is 0 Å². The number of carbonyl (C=O) groups is 1. The van der Waals surface area contributed by atoms with Crippen LogP contribution in [-0.2, 0) is 0 Å². The third-order valence-corrected chi connectivity index (χ3v) is 3.49. The molecule has 2 rings (SSSR count). The van der Waals surface area contributed by atoms with Crippen molar-refractivity contribution < 1.29 is 19.7 Å². The Labute approximate surface area is 123 Å². The second-order valence-electron chi connectivity index (χ2n) is 4.97. The van der Waals surface area contributed by atoms with Gasteiger partial charge in [0.25, 0.3) is 0 Å². The molecule has 0 aliphatic rings. The molecular formula is C17H18O4. The average Bonchev–Trinajstić information content (AvgIpc) is 2.50. The Morgan fingerprint density at radius 2 is 1.76 bits per heavy atom. The first kappa shape index (κ1) is 14.9. The van der Waals surface area contributed by atoms with Crippen LogP contribution in [0, 0.1) is 0 Å². The van der Waals surface area contributed by atoms with Gasteiger partial charge in [-0.15, -0.1) is 0 Å². The van der Waals surface area contributed by atoms with Crippen molar-refractivity contribution >= 4 is 5.97 Å². The summed E-state index contributed by atoms with van der Waals surface area (Å²) >= 11 is 0. The van der Waals surface area contributed by atoms with Crippen molar-refractivity contribution in [3.05, 3.63) is 53.6 Å². The van der Waals surface area contributed by atoms with Crippen LogP contribution in [0.15, 0.2) is 42.5 Å². The highest BCUT2D eigenvalue weighted by atomic mass is 16.5. The molecular weight excluding hydrogens is 268 g/mol. The molecule has 0 aromatic heterocycles. The van der Waals surface area contributed by atoms with E-state index in [9.17, 15) is 15.0 Å². The second-order valence-corrected chi connectivity index (χ2v) is 4.97. The van der Waals surface area contributed by atoms with Crippen LogP contribution in [0.1, 0.15) is 42.1 Å². The molecule has 0 aliphatic carbocycles. The van der Waals surface area contributed by atoms with E-state index in [1.165, 1.54) is 23.8 Å². The van der Waals surface area contributed by atoms with Crippen LogP contribution < -0.4 is 4.74 Å². The van der Waals surface area contributed by atoms with E-state index in [1.54, 1.807) is 12.1 Å². The van der Waals surface area contributed by atoms with Crippen LogP contribution >= 0.6 is 0 Å². The zero-order chi connectivity index (χ0) is 15.4. The zero-order valence-corrected chi connectivity index (χ0v) is 12.0. The van der Waals surface area contributed by atoms with E-state index in [-0.39, 0.29) is 17.2 Å². The van der Waals surface area contributed by atoms with Gasteiger partial charge in [-0.3, -0.25) is 0 Å². The molecule has 21 heavy (non-hydrogen) atoms. The van der Waals surface area contributed by atoms with Crippen molar-refractivity contribution in [1.82, 2.24) is 0 Å². The minimum atomic E-state index is -0.504. The minimum Gasteiger partial charge on any atom is -0.504 e. The molecule has 0 fully saturated rings. The Bertz CT molecular complexity index is 632. The highest BCUT2D eigenvalue weighted by Gasteiger charge is 2.11. The van der Waals surface area contributed by atoms with E-state index >= 15 is 0 Å². The first-order valence-electron chi connectivity index (χ1n) is 6.85. The Hall–Kier alpha value is -2.49. The zero-order valence-electron chi connectivity index (χ0n) is 12.0. The number of phenols is 2. The smallest absolute Gasteiger partial charge is 0.343 e. The number of carbonyl (C=O) groups excluding carboxylic acids is 1. The normalized spacial score (nSPS) is 11.9. The van der Waals surface area contributed by atoms with Gasteiger partial charge in [0.1, 0.15) is 5.75 Å². The molecule has 1 atom stereocenters. The molecule has 4 heteroatoms. The maximum Gasteiger partial charge on any atom is 0.343 e. The molecule has 0 bridgehead atoms. The van der Waals surface area contributed by atoms with Crippen molar-refractivity contribution in [1.29, 1.82) is 0 Å². The van der Waals surface area contributed by atoms with Gasteiger partial charge >= 0.3 is 5.97 Å². The van der Waals surface area contributed by atoms with Crippen LogP contribution in [0.4, 0.5) is 0 Å². The SMILES string of the molecule is CCC(C)c1ccc(C(=O)Oc2ccc(O)c(O)c2)cc1. The number of esters is 1. The summed E-state index contributed by atoms with van der Waals surface area (Å²) in [5.41, 5.74) is 1.62. The van der Waals surface area contributed by atoms with Crippen molar-refractivity contribution in [2.75, 3.05) is 0 Å². The summed E-state index contributed by atoms with van der Waals surface area (Å²) in [6.07, 6.45) is 1.04. The van der Waals surface area contributed by atoms with Gasteiger partial charge in [-0.1, -0.05) is 26.0 Å². The van der Waals surface area contributed by atoms with Crippen molar-refractivity contribution in [3.8, 4) is 17.2 Å². The largest absolute Gasteiger partial charge is 0.504 e. The predicted molar refractivity (Wildman–Crippen MR) is 79.9 cm³/mol. The maximum atomic E-state index is 12.0. The van der Waals surface area contributed by atoms with E-state index in [4.69, 9.17) is 4.74 Å². The van der Waals surface area contributed by atoms with Crippen LogP contribution in [-0.4, -0.2) is 16.2 Å². The monoisotopic (exact) mass is 286 g/mol. The molecule has 0 saturated carbocycles. The Morgan fingerprint density at radius 3 is 2.33 bits per heavy atom. The number of phenolic OH excluding ortho intramolecular Hbond substituents is 2. The Balaban J connectivity index is 2.11. The van der Waals surface area contributed by atoms with E-state index < -0.39 is 5.97 Å². The van der Waals surface area contributed by atoms with Crippen LogP contribution in [0.5, 0.6) is 17.2 Å². The summed E-state index contributed by atoms with van der Waals surface area (Å²) in [5.74, 6) is -0.457. The standard InChI is InChI=1S/C17H18O4/c1-3-11(2)12-4-6-13(7-5-12)17(20)21-14-8-9-15(18)16(19)10-14/h4-11,18-19H,3H2,1-2H3. The summed E-state index contributed by atoms with van der Waals surface area (Å²) in [4.78, 5) is 12.0. The molecule has 0 saturated heterocycles. The number of hydrogen-bond donors (Lipinski definition) is 2. The summed E-state index contributed by atoms with van der Waals surface area (Å²) in [5, 5.41) is 18.6. The highest BCUT2D eigenvalue weighted by molar-refractivity contribution is 5.91.